The fraction of sp³-hybridized carbons (Fsp3) is 0.417. The van der Waals surface area contributed by atoms with Crippen molar-refractivity contribution in [3.05, 3.63) is 23.5 Å². The summed E-state index contributed by atoms with van der Waals surface area (Å²) >= 11 is 0. The largest absolute Gasteiger partial charge is 0.508 e. The molecule has 1 aliphatic carbocycles. The molecule has 0 unspecified atom stereocenters. The molecule has 1 saturated carbocycles. The summed E-state index contributed by atoms with van der Waals surface area (Å²) in [5.41, 5.74) is -0.701. The molecule has 2 N–H and O–H groups in total. The number of rotatable bonds is 4. The summed E-state index contributed by atoms with van der Waals surface area (Å²) in [7, 11) is 1.33. The standard InChI is InChI=1S/C12H13FO4/c1-17-8-3-2-7(14)10(11(8)13)12(4-5-12)6-9(15)16/h2-3,14H,4-6H2,1H3,(H,15,16). The molecule has 0 radical (unpaired) electrons. The first-order valence-electron chi connectivity index (χ1n) is 5.28. The minimum absolute atomic E-state index is 0.0227. The lowest BCUT2D eigenvalue weighted by Crippen LogP contribution is -2.15. The van der Waals surface area contributed by atoms with E-state index in [2.05, 4.69) is 0 Å². The molecule has 0 atom stereocenters. The van der Waals surface area contributed by atoms with E-state index in [0.29, 0.717) is 12.8 Å². The van der Waals surface area contributed by atoms with Gasteiger partial charge in [-0.25, -0.2) is 4.39 Å². The fourth-order valence-corrected chi connectivity index (χ4v) is 2.16. The molecule has 0 saturated heterocycles. The van der Waals surface area contributed by atoms with E-state index in [1.54, 1.807) is 0 Å². The summed E-state index contributed by atoms with van der Waals surface area (Å²) in [6.07, 6.45) is 0.957. The lowest BCUT2D eigenvalue weighted by Gasteiger charge is -2.17. The third-order valence-corrected chi connectivity index (χ3v) is 3.18. The van der Waals surface area contributed by atoms with E-state index in [-0.39, 0.29) is 23.5 Å². The molecule has 0 spiro atoms. The lowest BCUT2D eigenvalue weighted by atomic mass is 9.91. The summed E-state index contributed by atoms with van der Waals surface area (Å²) in [4.78, 5) is 10.8. The Kier molecular flexibility index (Phi) is 2.69. The highest BCUT2D eigenvalue weighted by molar-refractivity contribution is 5.71. The number of hydrogen-bond donors (Lipinski definition) is 2. The van der Waals surface area contributed by atoms with Gasteiger partial charge in [-0.3, -0.25) is 4.79 Å². The van der Waals surface area contributed by atoms with Crippen LogP contribution in [0.25, 0.3) is 0 Å². The third-order valence-electron chi connectivity index (χ3n) is 3.18. The molecule has 17 heavy (non-hydrogen) atoms. The van der Waals surface area contributed by atoms with E-state index >= 15 is 0 Å². The van der Waals surface area contributed by atoms with E-state index in [1.807, 2.05) is 0 Å². The molecule has 1 aromatic rings. The second kappa shape index (κ2) is 3.91. The van der Waals surface area contributed by atoms with E-state index < -0.39 is 17.2 Å². The fourth-order valence-electron chi connectivity index (χ4n) is 2.16. The van der Waals surface area contributed by atoms with Crippen molar-refractivity contribution in [1.82, 2.24) is 0 Å². The van der Waals surface area contributed by atoms with Gasteiger partial charge in [0.1, 0.15) is 5.75 Å². The molecular formula is C12H13FO4. The predicted octanol–water partition coefficient (Wildman–Crippen LogP) is 2.05. The quantitative estimate of drug-likeness (QED) is 0.845. The number of phenols is 1. The van der Waals surface area contributed by atoms with Gasteiger partial charge < -0.3 is 14.9 Å². The van der Waals surface area contributed by atoms with Crippen LogP contribution in [0.3, 0.4) is 0 Å². The van der Waals surface area contributed by atoms with Gasteiger partial charge >= 0.3 is 5.97 Å². The minimum atomic E-state index is -0.996. The zero-order valence-electron chi connectivity index (χ0n) is 9.36. The van der Waals surface area contributed by atoms with E-state index in [4.69, 9.17) is 9.84 Å². The number of carboxylic acids is 1. The summed E-state index contributed by atoms with van der Waals surface area (Å²) < 4.78 is 18.9. The highest BCUT2D eigenvalue weighted by Gasteiger charge is 2.49. The Hall–Kier alpha value is -1.78. The molecule has 0 bridgehead atoms. The molecule has 1 fully saturated rings. The van der Waals surface area contributed by atoms with Crippen molar-refractivity contribution in [3.8, 4) is 11.5 Å². The molecule has 2 rings (SSSR count). The van der Waals surface area contributed by atoms with E-state index in [1.165, 1.54) is 19.2 Å². The molecule has 0 heterocycles. The second-order valence-corrected chi connectivity index (χ2v) is 4.33. The Balaban J connectivity index is 2.48. The van der Waals surface area contributed by atoms with Gasteiger partial charge in [0.2, 0.25) is 0 Å². The normalized spacial score (nSPS) is 16.6. The van der Waals surface area contributed by atoms with Gasteiger partial charge in [-0.15, -0.1) is 0 Å². The Morgan fingerprint density at radius 1 is 1.53 bits per heavy atom. The monoisotopic (exact) mass is 240 g/mol. The molecule has 0 aromatic heterocycles. The van der Waals surface area contributed by atoms with Gasteiger partial charge in [0.15, 0.2) is 11.6 Å². The SMILES string of the molecule is COc1ccc(O)c(C2(CC(=O)O)CC2)c1F. The summed E-state index contributed by atoms with van der Waals surface area (Å²) in [5, 5.41) is 18.5. The Morgan fingerprint density at radius 2 is 2.18 bits per heavy atom. The molecule has 1 aliphatic rings. The number of ether oxygens (including phenoxy) is 1. The smallest absolute Gasteiger partial charge is 0.304 e. The maximum absolute atomic E-state index is 14.0. The molecule has 0 aliphatic heterocycles. The first-order valence-corrected chi connectivity index (χ1v) is 5.28. The van der Waals surface area contributed by atoms with E-state index in [9.17, 15) is 14.3 Å². The topological polar surface area (TPSA) is 66.8 Å². The van der Waals surface area contributed by atoms with Crippen molar-refractivity contribution in [2.75, 3.05) is 7.11 Å². The Bertz CT molecular complexity index is 466. The van der Waals surface area contributed by atoms with Crippen LogP contribution < -0.4 is 4.74 Å². The summed E-state index contributed by atoms with van der Waals surface area (Å²) in [6, 6.07) is 2.66. The number of carboxylic acid groups (broad SMARTS) is 1. The van der Waals surface area contributed by atoms with Gasteiger partial charge in [-0.1, -0.05) is 0 Å². The van der Waals surface area contributed by atoms with Crippen LogP contribution in [-0.4, -0.2) is 23.3 Å². The number of carbonyl (C=O) groups is 1. The van der Waals surface area contributed by atoms with Crippen LogP contribution in [0.1, 0.15) is 24.8 Å². The second-order valence-electron chi connectivity index (χ2n) is 4.33. The zero-order valence-corrected chi connectivity index (χ0v) is 9.36. The van der Waals surface area contributed by atoms with Crippen LogP contribution in [0.15, 0.2) is 12.1 Å². The number of methoxy groups -OCH3 is 1. The number of halogens is 1. The van der Waals surface area contributed by atoms with Gasteiger partial charge in [0.05, 0.1) is 13.5 Å². The number of hydrogen-bond acceptors (Lipinski definition) is 3. The van der Waals surface area contributed by atoms with Crippen molar-refractivity contribution in [1.29, 1.82) is 0 Å². The average Bonchev–Trinajstić information content (AvgIpc) is 2.97. The van der Waals surface area contributed by atoms with Crippen molar-refractivity contribution >= 4 is 5.97 Å². The average molecular weight is 240 g/mol. The van der Waals surface area contributed by atoms with Crippen molar-refractivity contribution < 1.29 is 24.1 Å². The molecule has 0 amide bonds. The maximum Gasteiger partial charge on any atom is 0.304 e. The predicted molar refractivity (Wildman–Crippen MR) is 57.8 cm³/mol. The van der Waals surface area contributed by atoms with Crippen molar-refractivity contribution in [2.24, 2.45) is 0 Å². The van der Waals surface area contributed by atoms with Gasteiger partial charge in [0, 0.05) is 11.0 Å². The lowest BCUT2D eigenvalue weighted by molar-refractivity contribution is -0.137. The number of aromatic hydroxyl groups is 1. The molecule has 1 aromatic carbocycles. The van der Waals surface area contributed by atoms with Crippen molar-refractivity contribution in [3.63, 3.8) is 0 Å². The number of benzene rings is 1. The number of phenolic OH excluding ortho intramolecular Hbond substituents is 1. The Morgan fingerprint density at radius 3 is 2.65 bits per heavy atom. The Labute approximate surface area is 97.6 Å². The highest BCUT2D eigenvalue weighted by Crippen LogP contribution is 2.55. The highest BCUT2D eigenvalue weighted by atomic mass is 19.1. The molecular weight excluding hydrogens is 227 g/mol. The molecule has 92 valence electrons. The molecule has 5 heteroatoms. The first-order chi connectivity index (χ1) is 8.00. The summed E-state index contributed by atoms with van der Waals surface area (Å²) in [5.74, 6) is -1.84. The number of aliphatic carboxylic acids is 1. The van der Waals surface area contributed by atoms with Crippen LogP contribution in [0.5, 0.6) is 11.5 Å². The van der Waals surface area contributed by atoms with Crippen LogP contribution in [0.4, 0.5) is 4.39 Å². The zero-order chi connectivity index (χ0) is 12.6. The van der Waals surface area contributed by atoms with Crippen molar-refractivity contribution in [2.45, 2.75) is 24.7 Å². The minimum Gasteiger partial charge on any atom is -0.508 e. The van der Waals surface area contributed by atoms with Crippen LogP contribution in [-0.2, 0) is 10.2 Å². The van der Waals surface area contributed by atoms with E-state index in [0.717, 1.165) is 0 Å². The van der Waals surface area contributed by atoms with Gasteiger partial charge in [-0.05, 0) is 25.0 Å². The maximum atomic E-state index is 14.0. The van der Waals surface area contributed by atoms with Gasteiger partial charge in [0.25, 0.3) is 0 Å². The summed E-state index contributed by atoms with van der Waals surface area (Å²) in [6.45, 7) is 0. The van der Waals surface area contributed by atoms with Gasteiger partial charge in [-0.2, -0.15) is 0 Å². The van der Waals surface area contributed by atoms with Crippen LogP contribution >= 0.6 is 0 Å². The van der Waals surface area contributed by atoms with Crippen LogP contribution in [0.2, 0.25) is 0 Å². The first kappa shape index (κ1) is 11.7. The molecule has 4 nitrogen and oxygen atoms in total. The van der Waals surface area contributed by atoms with Crippen LogP contribution in [0, 0.1) is 5.82 Å². The third kappa shape index (κ3) is 1.92.